The van der Waals surface area contributed by atoms with Gasteiger partial charge in [-0.05, 0) is 29.8 Å². The molecule has 0 saturated carbocycles. The monoisotopic (exact) mass is 429 g/mol. The van der Waals surface area contributed by atoms with Gasteiger partial charge in [-0.15, -0.1) is 0 Å². The van der Waals surface area contributed by atoms with E-state index >= 15 is 0 Å². The zero-order valence-electron chi connectivity index (χ0n) is 17.9. The van der Waals surface area contributed by atoms with Crippen molar-refractivity contribution in [2.45, 2.75) is 6.54 Å². The fourth-order valence-electron chi connectivity index (χ4n) is 4.05. The number of rotatable bonds is 4. The van der Waals surface area contributed by atoms with E-state index in [4.69, 9.17) is 4.74 Å². The normalized spacial score (nSPS) is 17.8. The zero-order chi connectivity index (χ0) is 21.6. The second-order valence-corrected chi connectivity index (χ2v) is 7.74. The molecule has 0 radical (unpaired) electrons. The fraction of sp³-hybridized carbons (Fsp3) is 0.435. The van der Waals surface area contributed by atoms with E-state index < -0.39 is 11.6 Å². The van der Waals surface area contributed by atoms with E-state index in [0.29, 0.717) is 38.4 Å². The SMILES string of the molecule is CN=C(NCc1ccc(N2CCOCC2)cc1)N1CCN(c2cc(F)ccc2F)CC1. The van der Waals surface area contributed by atoms with E-state index in [0.717, 1.165) is 38.3 Å². The molecule has 2 fully saturated rings. The van der Waals surface area contributed by atoms with Crippen LogP contribution in [0.2, 0.25) is 0 Å². The summed E-state index contributed by atoms with van der Waals surface area (Å²) in [5.74, 6) is 0.00504. The third-order valence-electron chi connectivity index (χ3n) is 5.80. The maximum absolute atomic E-state index is 14.1. The lowest BCUT2D eigenvalue weighted by Gasteiger charge is -2.37. The van der Waals surface area contributed by atoms with Crippen molar-refractivity contribution in [3.8, 4) is 0 Å². The summed E-state index contributed by atoms with van der Waals surface area (Å²) in [5, 5.41) is 3.42. The minimum absolute atomic E-state index is 0.322. The van der Waals surface area contributed by atoms with Crippen LogP contribution >= 0.6 is 0 Å². The van der Waals surface area contributed by atoms with Gasteiger partial charge in [0.1, 0.15) is 11.6 Å². The first kappa shape index (κ1) is 21.4. The van der Waals surface area contributed by atoms with E-state index in [9.17, 15) is 8.78 Å². The van der Waals surface area contributed by atoms with Gasteiger partial charge >= 0.3 is 0 Å². The van der Waals surface area contributed by atoms with Gasteiger partial charge in [-0.25, -0.2) is 8.78 Å². The Kier molecular flexibility index (Phi) is 6.86. The highest BCUT2D eigenvalue weighted by atomic mass is 19.1. The van der Waals surface area contributed by atoms with E-state index in [1.54, 1.807) is 7.05 Å². The molecule has 2 aliphatic rings. The average molecular weight is 430 g/mol. The fourth-order valence-corrected chi connectivity index (χ4v) is 4.05. The molecule has 0 spiro atoms. The number of morpholine rings is 1. The molecule has 166 valence electrons. The summed E-state index contributed by atoms with van der Waals surface area (Å²) in [6, 6.07) is 12.2. The Morgan fingerprint density at radius 3 is 2.32 bits per heavy atom. The lowest BCUT2D eigenvalue weighted by Crippen LogP contribution is -2.52. The topological polar surface area (TPSA) is 43.3 Å². The second-order valence-electron chi connectivity index (χ2n) is 7.74. The molecule has 0 unspecified atom stereocenters. The third-order valence-corrected chi connectivity index (χ3v) is 5.80. The van der Waals surface area contributed by atoms with Crippen LogP contribution in [0.15, 0.2) is 47.5 Å². The highest BCUT2D eigenvalue weighted by Gasteiger charge is 2.22. The molecule has 6 nitrogen and oxygen atoms in total. The largest absolute Gasteiger partial charge is 0.378 e. The van der Waals surface area contributed by atoms with E-state index in [1.807, 2.05) is 4.90 Å². The van der Waals surface area contributed by atoms with Crippen LogP contribution in [0, 0.1) is 11.6 Å². The van der Waals surface area contributed by atoms with Crippen LogP contribution < -0.4 is 15.1 Å². The van der Waals surface area contributed by atoms with Gasteiger partial charge in [0.05, 0.1) is 18.9 Å². The summed E-state index contributed by atoms with van der Waals surface area (Å²) < 4.78 is 33.0. The third kappa shape index (κ3) is 5.25. The van der Waals surface area contributed by atoms with Crippen LogP contribution in [-0.4, -0.2) is 70.4 Å². The number of benzene rings is 2. The maximum Gasteiger partial charge on any atom is 0.194 e. The number of aliphatic imine (C=N–C) groups is 1. The predicted molar refractivity (Wildman–Crippen MR) is 120 cm³/mol. The molecule has 31 heavy (non-hydrogen) atoms. The molecule has 0 aliphatic carbocycles. The van der Waals surface area contributed by atoms with E-state index in [2.05, 4.69) is 44.4 Å². The first-order chi connectivity index (χ1) is 15.1. The second kappa shape index (κ2) is 9.96. The standard InChI is InChI=1S/C23H29F2N5O/c1-26-23(27-17-18-2-5-20(6-3-18)28-12-14-31-15-13-28)30-10-8-29(9-11-30)22-16-19(24)4-7-21(22)25/h2-7,16H,8-15,17H2,1H3,(H,26,27). The van der Waals surface area contributed by atoms with Crippen molar-refractivity contribution in [2.24, 2.45) is 4.99 Å². The minimum Gasteiger partial charge on any atom is -0.378 e. The predicted octanol–water partition coefficient (Wildman–Crippen LogP) is 2.70. The number of guanidine groups is 1. The van der Waals surface area contributed by atoms with E-state index in [-0.39, 0.29) is 0 Å². The molecule has 2 aliphatic heterocycles. The molecular formula is C23H29F2N5O. The zero-order valence-corrected chi connectivity index (χ0v) is 17.9. The van der Waals surface area contributed by atoms with Crippen LogP contribution in [0.3, 0.4) is 0 Å². The highest BCUT2D eigenvalue weighted by Crippen LogP contribution is 2.22. The average Bonchev–Trinajstić information content (AvgIpc) is 2.82. The number of nitrogens with zero attached hydrogens (tertiary/aromatic N) is 4. The van der Waals surface area contributed by atoms with Gasteiger partial charge in [0.15, 0.2) is 5.96 Å². The Hall–Kier alpha value is -2.87. The molecule has 0 atom stereocenters. The minimum atomic E-state index is -0.420. The van der Waals surface area contributed by atoms with Crippen LogP contribution in [0.25, 0.3) is 0 Å². The summed E-state index contributed by atoms with van der Waals surface area (Å²) in [4.78, 5) is 10.8. The number of piperazine rings is 1. The van der Waals surface area contributed by atoms with Gasteiger partial charge < -0.3 is 24.8 Å². The summed E-state index contributed by atoms with van der Waals surface area (Å²) in [6.07, 6.45) is 0. The number of anilines is 2. The molecule has 1 N–H and O–H groups in total. The summed E-state index contributed by atoms with van der Waals surface area (Å²) in [5.41, 5.74) is 2.72. The first-order valence-electron chi connectivity index (χ1n) is 10.7. The maximum atomic E-state index is 14.1. The lowest BCUT2D eigenvalue weighted by molar-refractivity contribution is 0.122. The van der Waals surface area contributed by atoms with Crippen molar-refractivity contribution in [3.63, 3.8) is 0 Å². The van der Waals surface area contributed by atoms with Crippen molar-refractivity contribution in [3.05, 3.63) is 59.7 Å². The van der Waals surface area contributed by atoms with Gasteiger partial charge in [-0.1, -0.05) is 12.1 Å². The Bertz CT molecular complexity index is 891. The molecule has 2 saturated heterocycles. The smallest absolute Gasteiger partial charge is 0.194 e. The highest BCUT2D eigenvalue weighted by molar-refractivity contribution is 5.80. The van der Waals surface area contributed by atoms with Crippen molar-refractivity contribution >= 4 is 17.3 Å². The molecule has 2 heterocycles. The lowest BCUT2D eigenvalue weighted by atomic mass is 10.2. The molecular weight excluding hydrogens is 400 g/mol. The van der Waals surface area contributed by atoms with Crippen molar-refractivity contribution in [1.29, 1.82) is 0 Å². The number of hydrogen-bond acceptors (Lipinski definition) is 4. The van der Waals surface area contributed by atoms with Gasteiger partial charge in [-0.2, -0.15) is 0 Å². The summed E-state index contributed by atoms with van der Waals surface area (Å²) in [6.45, 7) is 6.67. The number of ether oxygens (including phenoxy) is 1. The van der Waals surface area contributed by atoms with Crippen LogP contribution in [0.1, 0.15) is 5.56 Å². The van der Waals surface area contributed by atoms with Crippen molar-refractivity contribution < 1.29 is 13.5 Å². The number of halogens is 2. The molecule has 0 aromatic heterocycles. The number of nitrogens with one attached hydrogen (secondary N) is 1. The summed E-state index contributed by atoms with van der Waals surface area (Å²) in [7, 11) is 1.77. The quantitative estimate of drug-likeness (QED) is 0.598. The first-order valence-corrected chi connectivity index (χ1v) is 10.7. The van der Waals surface area contributed by atoms with Gasteiger partial charge in [0, 0.05) is 64.6 Å². The van der Waals surface area contributed by atoms with Crippen molar-refractivity contribution in [2.75, 3.05) is 69.3 Å². The number of hydrogen-bond donors (Lipinski definition) is 1. The molecule has 0 bridgehead atoms. The Balaban J connectivity index is 1.29. The molecule has 2 aromatic rings. The van der Waals surface area contributed by atoms with Crippen LogP contribution in [0.4, 0.5) is 20.2 Å². The molecule has 4 rings (SSSR count). The van der Waals surface area contributed by atoms with Crippen LogP contribution in [0.5, 0.6) is 0 Å². The molecule has 0 amide bonds. The van der Waals surface area contributed by atoms with Gasteiger partial charge in [0.2, 0.25) is 0 Å². The molecule has 2 aromatic carbocycles. The Morgan fingerprint density at radius 2 is 1.65 bits per heavy atom. The Labute approximate surface area is 182 Å². The Morgan fingerprint density at radius 1 is 0.935 bits per heavy atom. The van der Waals surface area contributed by atoms with Crippen molar-refractivity contribution in [1.82, 2.24) is 10.2 Å². The summed E-state index contributed by atoms with van der Waals surface area (Å²) >= 11 is 0. The van der Waals surface area contributed by atoms with E-state index in [1.165, 1.54) is 23.4 Å². The van der Waals surface area contributed by atoms with Gasteiger partial charge in [-0.3, -0.25) is 4.99 Å². The van der Waals surface area contributed by atoms with Gasteiger partial charge in [0.25, 0.3) is 0 Å². The molecule has 8 heteroatoms. The van der Waals surface area contributed by atoms with Crippen LogP contribution in [-0.2, 0) is 11.3 Å².